The average molecular weight is 454 g/mol. The molecule has 9 heteroatoms. The van der Waals surface area contributed by atoms with Gasteiger partial charge in [-0.25, -0.2) is 14.5 Å². The third-order valence-corrected chi connectivity index (χ3v) is 6.36. The molecule has 1 aliphatic rings. The van der Waals surface area contributed by atoms with Gasteiger partial charge in [-0.15, -0.1) is 5.10 Å². The summed E-state index contributed by atoms with van der Waals surface area (Å²) in [5.74, 6) is 1.63. The first-order valence-corrected chi connectivity index (χ1v) is 11.7. The monoisotopic (exact) mass is 453 g/mol. The lowest BCUT2D eigenvalue weighted by molar-refractivity contribution is 0.249. The molecule has 1 aliphatic heterocycles. The van der Waals surface area contributed by atoms with Crippen molar-refractivity contribution in [3.05, 3.63) is 35.3 Å². The molecule has 3 N–H and O–H groups in total. The van der Waals surface area contributed by atoms with E-state index in [4.69, 9.17) is 13.5 Å². The maximum atomic E-state index is 7.79. The number of piperidine rings is 1. The zero-order valence-electron chi connectivity index (χ0n) is 22.1. The van der Waals surface area contributed by atoms with E-state index >= 15 is 0 Å². The number of aryl methyl sites for hydroxylation is 1. The Bertz CT molecular complexity index is 1140. The largest absolute Gasteiger partial charge is 0.380 e. The number of nitrogens with zero attached hydrogens (tertiary/aromatic N) is 7. The SMILES string of the molecule is [2H]C([2H])C(CCC)Nc1nc(N)c2ncc(Cc3cnc(N4CCC(N(C)C)CC4)c(C)c3)n2n1. The van der Waals surface area contributed by atoms with Crippen LogP contribution in [-0.4, -0.2) is 68.7 Å². The molecular formula is C24H37N9. The Morgan fingerprint density at radius 1 is 1.27 bits per heavy atom. The van der Waals surface area contributed by atoms with E-state index in [1.54, 1.807) is 10.7 Å². The number of fused-ring (bicyclic) bond motifs is 1. The number of pyridine rings is 1. The molecule has 1 fully saturated rings. The minimum Gasteiger partial charge on any atom is -0.380 e. The molecule has 0 radical (unpaired) electrons. The number of imidazole rings is 1. The summed E-state index contributed by atoms with van der Waals surface area (Å²) in [5, 5.41) is 7.69. The minimum absolute atomic E-state index is 0.265. The molecule has 1 unspecified atom stereocenters. The Balaban J connectivity index is 1.52. The molecule has 33 heavy (non-hydrogen) atoms. The molecule has 3 aromatic heterocycles. The predicted molar refractivity (Wildman–Crippen MR) is 134 cm³/mol. The molecule has 178 valence electrons. The first-order chi connectivity index (χ1) is 16.8. The Hall–Kier alpha value is -2.94. The van der Waals surface area contributed by atoms with Crippen LogP contribution in [0.1, 0.15) is 59.0 Å². The molecule has 9 nitrogen and oxygen atoms in total. The molecule has 1 atom stereocenters. The molecule has 1 saturated heterocycles. The topological polar surface area (TPSA) is 100 Å². The van der Waals surface area contributed by atoms with Gasteiger partial charge in [0, 0.05) is 40.5 Å². The van der Waals surface area contributed by atoms with Crippen LogP contribution in [0.2, 0.25) is 0 Å². The normalized spacial score (nSPS) is 17.0. The van der Waals surface area contributed by atoms with Gasteiger partial charge in [-0.3, -0.25) is 0 Å². The van der Waals surface area contributed by atoms with Gasteiger partial charge in [0.15, 0.2) is 11.5 Å². The maximum Gasteiger partial charge on any atom is 0.243 e. The van der Waals surface area contributed by atoms with Crippen molar-refractivity contribution in [2.75, 3.05) is 43.1 Å². The number of nitrogen functional groups attached to an aromatic ring is 1. The van der Waals surface area contributed by atoms with E-state index in [1.165, 1.54) is 0 Å². The second-order valence-electron chi connectivity index (χ2n) is 9.19. The summed E-state index contributed by atoms with van der Waals surface area (Å²) in [6.07, 6.45) is 8.14. The maximum absolute atomic E-state index is 7.79. The highest BCUT2D eigenvalue weighted by Gasteiger charge is 2.22. The van der Waals surface area contributed by atoms with Crippen LogP contribution in [0.25, 0.3) is 5.65 Å². The summed E-state index contributed by atoms with van der Waals surface area (Å²) in [7, 11) is 4.31. The number of anilines is 3. The standard InChI is InChI=1S/C24H37N9/c1-6-7-17(3)28-24-29-21(25)23-27-15-20(33(23)30-24)13-18-12-16(2)22(26-14-18)32-10-8-19(9-11-32)31(4)5/h12,14-15,17,19H,6-11,13H2,1-5H3,(H3,25,28,29,30)/i3D2. The Morgan fingerprint density at radius 3 is 2.73 bits per heavy atom. The van der Waals surface area contributed by atoms with Crippen molar-refractivity contribution in [2.45, 2.75) is 64.9 Å². The third-order valence-electron chi connectivity index (χ3n) is 6.36. The fraction of sp³-hybridized carbons (Fsp3) is 0.583. The predicted octanol–water partition coefficient (Wildman–Crippen LogP) is 3.13. The van der Waals surface area contributed by atoms with E-state index in [0.29, 0.717) is 30.5 Å². The van der Waals surface area contributed by atoms with Gasteiger partial charge in [0.25, 0.3) is 0 Å². The smallest absolute Gasteiger partial charge is 0.243 e. The molecule has 0 spiro atoms. The van der Waals surface area contributed by atoms with Gasteiger partial charge in [0.05, 0.1) is 11.9 Å². The highest BCUT2D eigenvalue weighted by atomic mass is 15.3. The fourth-order valence-electron chi connectivity index (χ4n) is 4.54. The van der Waals surface area contributed by atoms with Gasteiger partial charge in [-0.2, -0.15) is 4.98 Å². The number of nitrogens with one attached hydrogen (secondary N) is 1. The number of aromatic nitrogens is 5. The van der Waals surface area contributed by atoms with Crippen LogP contribution < -0.4 is 16.0 Å². The summed E-state index contributed by atoms with van der Waals surface area (Å²) in [4.78, 5) is 18.2. The van der Waals surface area contributed by atoms with Crippen molar-refractivity contribution in [3.63, 3.8) is 0 Å². The van der Waals surface area contributed by atoms with Gasteiger partial charge in [0.2, 0.25) is 5.95 Å². The summed E-state index contributed by atoms with van der Waals surface area (Å²) in [6.45, 7) is 5.15. The first kappa shape index (κ1) is 20.7. The third kappa shape index (κ3) is 5.19. The lowest BCUT2D eigenvalue weighted by Gasteiger charge is -2.36. The summed E-state index contributed by atoms with van der Waals surface area (Å²) in [5.41, 5.74) is 9.76. The minimum atomic E-state index is -1.03. The zero-order chi connectivity index (χ0) is 25.1. The number of rotatable bonds is 8. The van der Waals surface area contributed by atoms with E-state index in [0.717, 1.165) is 55.0 Å². The Morgan fingerprint density at radius 2 is 2.06 bits per heavy atom. The highest BCUT2D eigenvalue weighted by Crippen LogP contribution is 2.25. The molecule has 0 aliphatic carbocycles. The van der Waals surface area contributed by atoms with Crippen molar-refractivity contribution < 1.29 is 2.74 Å². The van der Waals surface area contributed by atoms with E-state index in [9.17, 15) is 0 Å². The lowest BCUT2D eigenvalue weighted by atomic mass is 10.0. The number of hydrogen-bond acceptors (Lipinski definition) is 8. The van der Waals surface area contributed by atoms with E-state index in [1.807, 2.05) is 13.1 Å². The van der Waals surface area contributed by atoms with Crippen LogP contribution in [0, 0.1) is 6.92 Å². The summed E-state index contributed by atoms with van der Waals surface area (Å²) >= 11 is 0. The van der Waals surface area contributed by atoms with Gasteiger partial charge < -0.3 is 20.9 Å². The van der Waals surface area contributed by atoms with Gasteiger partial charge in [-0.05, 0) is 58.3 Å². The summed E-state index contributed by atoms with van der Waals surface area (Å²) < 4.78 is 17.3. The van der Waals surface area contributed by atoms with Crippen molar-refractivity contribution >= 4 is 23.2 Å². The van der Waals surface area contributed by atoms with Crippen LogP contribution >= 0.6 is 0 Å². The Labute approximate surface area is 199 Å². The number of nitrogens with two attached hydrogens (primary N) is 1. The van der Waals surface area contributed by atoms with Gasteiger partial charge in [0.1, 0.15) is 5.82 Å². The molecule has 4 heterocycles. The first-order valence-electron chi connectivity index (χ1n) is 12.9. The lowest BCUT2D eigenvalue weighted by Crippen LogP contribution is -2.42. The van der Waals surface area contributed by atoms with E-state index in [-0.39, 0.29) is 11.9 Å². The van der Waals surface area contributed by atoms with E-state index in [2.05, 4.69) is 57.3 Å². The van der Waals surface area contributed by atoms with Gasteiger partial charge in [-0.1, -0.05) is 19.4 Å². The van der Waals surface area contributed by atoms with Crippen molar-refractivity contribution in [1.29, 1.82) is 0 Å². The van der Waals surface area contributed by atoms with Crippen LogP contribution in [0.15, 0.2) is 18.5 Å². The molecule has 0 aromatic carbocycles. The fourth-order valence-corrected chi connectivity index (χ4v) is 4.54. The molecule has 0 amide bonds. The van der Waals surface area contributed by atoms with E-state index < -0.39 is 6.88 Å². The number of hydrogen-bond donors (Lipinski definition) is 2. The quantitative estimate of drug-likeness (QED) is 0.537. The Kier molecular flexibility index (Phi) is 6.20. The van der Waals surface area contributed by atoms with Crippen LogP contribution in [-0.2, 0) is 6.42 Å². The molecule has 3 aromatic rings. The molecule has 0 saturated carbocycles. The van der Waals surface area contributed by atoms with Crippen molar-refractivity contribution in [3.8, 4) is 0 Å². The average Bonchev–Trinajstić information content (AvgIpc) is 3.22. The van der Waals surface area contributed by atoms with Crippen molar-refractivity contribution in [1.82, 2.24) is 29.5 Å². The van der Waals surface area contributed by atoms with Crippen LogP contribution in [0.3, 0.4) is 0 Å². The molecule has 4 rings (SSSR count). The molecular weight excluding hydrogens is 414 g/mol. The molecule has 0 bridgehead atoms. The highest BCUT2D eigenvalue weighted by molar-refractivity contribution is 5.61. The second kappa shape index (κ2) is 9.91. The van der Waals surface area contributed by atoms with Crippen molar-refractivity contribution in [2.24, 2.45) is 0 Å². The summed E-state index contributed by atoms with van der Waals surface area (Å²) in [6, 6.07) is 2.46. The zero-order valence-corrected chi connectivity index (χ0v) is 20.1. The van der Waals surface area contributed by atoms with Gasteiger partial charge >= 0.3 is 0 Å². The van der Waals surface area contributed by atoms with Crippen LogP contribution in [0.4, 0.5) is 17.6 Å². The second-order valence-corrected chi connectivity index (χ2v) is 9.19. The van der Waals surface area contributed by atoms with Crippen LogP contribution in [0.5, 0.6) is 0 Å².